The zero-order chi connectivity index (χ0) is 23.5. The Morgan fingerprint density at radius 3 is 2.56 bits per heavy atom. The summed E-state index contributed by atoms with van der Waals surface area (Å²) in [6.07, 6.45) is -2.96. The second-order valence-corrected chi connectivity index (χ2v) is 7.70. The van der Waals surface area contributed by atoms with Crippen LogP contribution < -0.4 is 5.56 Å². The minimum Gasteiger partial charge on any atom is -0.332 e. The van der Waals surface area contributed by atoms with Crippen molar-refractivity contribution in [1.82, 2.24) is 18.9 Å². The van der Waals surface area contributed by atoms with Crippen molar-refractivity contribution in [2.75, 3.05) is 13.6 Å². The van der Waals surface area contributed by atoms with Gasteiger partial charge in [0.15, 0.2) is 0 Å². The highest BCUT2D eigenvalue weighted by atomic mass is 35.5. The maximum Gasteiger partial charge on any atom is 0.389 e. The monoisotopic (exact) mass is 465 g/mol. The van der Waals surface area contributed by atoms with Crippen LogP contribution in [0.1, 0.15) is 18.4 Å². The molecule has 11 heteroatoms. The lowest BCUT2D eigenvalue weighted by Gasteiger charge is -2.15. The van der Waals surface area contributed by atoms with Crippen molar-refractivity contribution in [2.24, 2.45) is 0 Å². The highest BCUT2D eigenvalue weighted by molar-refractivity contribution is 6.30. The van der Waals surface area contributed by atoms with Gasteiger partial charge in [0.25, 0.3) is 5.56 Å². The number of hydrogen-bond donors (Lipinski definition) is 0. The Bertz CT molecular complexity index is 1230. The summed E-state index contributed by atoms with van der Waals surface area (Å²) in [4.78, 5) is 31.0. The Morgan fingerprint density at radius 1 is 1.25 bits per heavy atom. The predicted octanol–water partition coefficient (Wildman–Crippen LogP) is 3.68. The third-order valence-corrected chi connectivity index (χ3v) is 5.08. The zero-order valence-electron chi connectivity index (χ0n) is 17.1. The summed E-state index contributed by atoms with van der Waals surface area (Å²) in [6.45, 7) is -0.192. The van der Waals surface area contributed by atoms with Gasteiger partial charge in [-0.2, -0.15) is 18.4 Å². The molecule has 0 atom stereocenters. The van der Waals surface area contributed by atoms with Crippen LogP contribution in [0.15, 0.2) is 41.5 Å². The first-order valence-electron chi connectivity index (χ1n) is 9.64. The van der Waals surface area contributed by atoms with Gasteiger partial charge in [-0.25, -0.2) is 4.98 Å². The molecule has 0 saturated carbocycles. The number of likely N-dealkylation sites (N-methyl/N-ethyl adjacent to an activating group) is 1. The van der Waals surface area contributed by atoms with E-state index in [-0.39, 0.29) is 37.3 Å². The van der Waals surface area contributed by atoms with Crippen LogP contribution >= 0.6 is 11.6 Å². The number of aromatic nitrogens is 3. The number of halogens is 4. The second-order valence-electron chi connectivity index (χ2n) is 7.26. The number of carbonyl (C=O) groups excluding carboxylic acids is 1. The van der Waals surface area contributed by atoms with E-state index >= 15 is 0 Å². The number of rotatable bonds is 7. The predicted molar refractivity (Wildman–Crippen MR) is 112 cm³/mol. The Labute approximate surface area is 186 Å². The van der Waals surface area contributed by atoms with E-state index in [4.69, 9.17) is 16.9 Å². The van der Waals surface area contributed by atoms with Gasteiger partial charge in [0.2, 0.25) is 11.7 Å². The largest absolute Gasteiger partial charge is 0.389 e. The van der Waals surface area contributed by atoms with Crippen molar-refractivity contribution in [3.63, 3.8) is 0 Å². The van der Waals surface area contributed by atoms with Crippen LogP contribution in [0.2, 0.25) is 5.02 Å². The van der Waals surface area contributed by atoms with E-state index < -0.39 is 24.1 Å². The number of carbonyl (C=O) groups is 1. The second kappa shape index (κ2) is 9.44. The first-order valence-corrected chi connectivity index (χ1v) is 10.0. The van der Waals surface area contributed by atoms with E-state index in [0.29, 0.717) is 16.3 Å². The molecule has 0 spiro atoms. The van der Waals surface area contributed by atoms with Crippen LogP contribution in [-0.2, 0) is 17.8 Å². The van der Waals surface area contributed by atoms with Gasteiger partial charge in [-0.15, -0.1) is 0 Å². The van der Waals surface area contributed by atoms with E-state index in [0.717, 1.165) is 0 Å². The quantitative estimate of drug-likeness (QED) is 0.498. The van der Waals surface area contributed by atoms with Gasteiger partial charge in [-0.05, 0) is 18.6 Å². The molecule has 0 aliphatic carbocycles. The molecule has 32 heavy (non-hydrogen) atoms. The van der Waals surface area contributed by atoms with Crippen molar-refractivity contribution in [1.29, 1.82) is 5.26 Å². The van der Waals surface area contributed by atoms with Crippen molar-refractivity contribution >= 4 is 23.3 Å². The molecule has 0 aliphatic heterocycles. The average Bonchev–Trinajstić information content (AvgIpc) is 3.17. The van der Waals surface area contributed by atoms with Gasteiger partial charge in [0, 0.05) is 48.6 Å². The fourth-order valence-electron chi connectivity index (χ4n) is 3.17. The Balaban J connectivity index is 2.04. The number of nitriles is 1. The molecule has 0 unspecified atom stereocenters. The van der Waals surface area contributed by atoms with Gasteiger partial charge in [-0.1, -0.05) is 23.7 Å². The van der Waals surface area contributed by atoms with Gasteiger partial charge < -0.3 is 9.47 Å². The molecule has 7 nitrogen and oxygen atoms in total. The van der Waals surface area contributed by atoms with Crippen LogP contribution in [0.5, 0.6) is 0 Å². The van der Waals surface area contributed by atoms with Crippen molar-refractivity contribution in [2.45, 2.75) is 32.0 Å². The molecule has 3 aromatic rings. The van der Waals surface area contributed by atoms with Crippen LogP contribution in [0.4, 0.5) is 13.2 Å². The van der Waals surface area contributed by atoms with Gasteiger partial charge in [-0.3, -0.25) is 14.0 Å². The summed E-state index contributed by atoms with van der Waals surface area (Å²) in [5.74, 6) is -0.286. The van der Waals surface area contributed by atoms with Crippen molar-refractivity contribution < 1.29 is 18.0 Å². The van der Waals surface area contributed by atoms with Gasteiger partial charge >= 0.3 is 6.18 Å². The zero-order valence-corrected chi connectivity index (χ0v) is 17.8. The van der Waals surface area contributed by atoms with Crippen LogP contribution in [0.3, 0.4) is 0 Å². The fourth-order valence-corrected chi connectivity index (χ4v) is 3.29. The molecule has 2 aromatic heterocycles. The molecule has 3 rings (SSSR count). The Hall–Kier alpha value is -3.32. The number of imidazole rings is 1. The van der Waals surface area contributed by atoms with E-state index in [2.05, 4.69) is 4.98 Å². The molecule has 168 valence electrons. The Kier molecular flexibility index (Phi) is 6.89. The summed E-state index contributed by atoms with van der Waals surface area (Å²) < 4.78 is 40.6. The normalized spacial score (nSPS) is 11.5. The summed E-state index contributed by atoms with van der Waals surface area (Å²) in [7, 11) is 1.43. The smallest absolute Gasteiger partial charge is 0.332 e. The molecule has 0 N–H and O–H groups in total. The first kappa shape index (κ1) is 23.3. The van der Waals surface area contributed by atoms with E-state index in [1.807, 2.05) is 6.07 Å². The van der Waals surface area contributed by atoms with E-state index in [1.54, 1.807) is 24.3 Å². The molecule has 0 bridgehead atoms. The van der Waals surface area contributed by atoms with Gasteiger partial charge in [0.1, 0.15) is 6.54 Å². The molecular weight excluding hydrogens is 447 g/mol. The number of aryl methyl sites for hydroxylation is 1. The average molecular weight is 466 g/mol. The summed E-state index contributed by atoms with van der Waals surface area (Å²) in [5, 5.41) is 9.28. The standard InChI is InChI=1S/C21H19ClF3N5O2/c1-28(10-8-26)18(31)11-15-12-29(9-2-7-21(23,24)25)20-27-17(13-30(20)19(15)32)14-3-5-16(22)6-4-14/h3-6,12-13H,2,7,9-11H2,1H3. The molecule has 0 fully saturated rings. The lowest BCUT2D eigenvalue weighted by atomic mass is 10.2. The van der Waals surface area contributed by atoms with Crippen molar-refractivity contribution in [3.8, 4) is 17.3 Å². The SMILES string of the molecule is CN(CC#N)C(=O)Cc1cn(CCCC(F)(F)F)c2nc(-c3ccc(Cl)cc3)cn2c1=O. The third kappa shape index (κ3) is 5.48. The number of benzene rings is 1. The number of alkyl halides is 3. The summed E-state index contributed by atoms with van der Waals surface area (Å²) in [5.41, 5.74) is 0.706. The molecule has 0 saturated heterocycles. The van der Waals surface area contributed by atoms with E-state index in [9.17, 15) is 22.8 Å². The molecule has 0 aliphatic rings. The first-order chi connectivity index (χ1) is 15.1. The number of nitrogens with zero attached hydrogens (tertiary/aromatic N) is 5. The summed E-state index contributed by atoms with van der Waals surface area (Å²) >= 11 is 5.91. The highest BCUT2D eigenvalue weighted by Gasteiger charge is 2.26. The highest BCUT2D eigenvalue weighted by Crippen LogP contribution is 2.23. The lowest BCUT2D eigenvalue weighted by Crippen LogP contribution is -2.32. The van der Waals surface area contributed by atoms with Gasteiger partial charge in [0.05, 0.1) is 18.2 Å². The Morgan fingerprint density at radius 2 is 1.94 bits per heavy atom. The molecular formula is C21H19ClF3N5O2. The molecule has 1 amide bonds. The van der Waals surface area contributed by atoms with Crippen LogP contribution in [0.25, 0.3) is 17.0 Å². The maximum absolute atomic E-state index is 13.0. The topological polar surface area (TPSA) is 83.4 Å². The molecule has 1 aromatic carbocycles. The van der Waals surface area contributed by atoms with Crippen molar-refractivity contribution in [3.05, 3.63) is 57.6 Å². The minimum absolute atomic E-state index is 0.0460. The van der Waals surface area contributed by atoms with E-state index in [1.165, 1.54) is 33.3 Å². The maximum atomic E-state index is 13.0. The number of hydrogen-bond acceptors (Lipinski definition) is 4. The third-order valence-electron chi connectivity index (χ3n) is 4.82. The van der Waals surface area contributed by atoms with Crippen LogP contribution in [-0.4, -0.2) is 44.5 Å². The lowest BCUT2D eigenvalue weighted by molar-refractivity contribution is -0.135. The summed E-state index contributed by atoms with van der Waals surface area (Å²) in [6, 6.07) is 8.59. The van der Waals surface area contributed by atoms with Crippen LogP contribution in [0, 0.1) is 11.3 Å². The number of fused-ring (bicyclic) bond motifs is 1. The molecule has 2 heterocycles. The molecule has 0 radical (unpaired) electrons. The fraction of sp³-hybridized carbons (Fsp3) is 0.333. The number of amides is 1. The minimum atomic E-state index is -4.31.